The molecule has 1 saturated heterocycles. The first-order valence-electron chi connectivity index (χ1n) is 5.13. The Bertz CT molecular complexity index is 200. The predicted molar refractivity (Wildman–Crippen MR) is 59.8 cm³/mol. The van der Waals surface area contributed by atoms with Gasteiger partial charge < -0.3 is 10.4 Å². The third-order valence-corrected chi connectivity index (χ3v) is 3.81. The van der Waals surface area contributed by atoms with Crippen LogP contribution in [0.15, 0.2) is 0 Å². The molecule has 0 spiro atoms. The molecule has 0 aromatic carbocycles. The van der Waals surface area contributed by atoms with Crippen LogP contribution in [-0.2, 0) is 4.79 Å². The predicted octanol–water partition coefficient (Wildman–Crippen LogP) is 1.58. The van der Waals surface area contributed by atoms with E-state index in [-0.39, 0.29) is 0 Å². The van der Waals surface area contributed by atoms with Crippen LogP contribution >= 0.6 is 11.8 Å². The first kappa shape index (κ1) is 11.9. The molecule has 0 aromatic rings. The van der Waals surface area contributed by atoms with E-state index < -0.39 is 11.5 Å². The quantitative estimate of drug-likeness (QED) is 0.734. The van der Waals surface area contributed by atoms with Gasteiger partial charge in [0.25, 0.3) is 0 Å². The molecule has 2 N–H and O–H groups in total. The molecule has 1 heterocycles. The van der Waals surface area contributed by atoms with Crippen LogP contribution in [0.5, 0.6) is 0 Å². The van der Waals surface area contributed by atoms with E-state index in [2.05, 4.69) is 19.2 Å². The van der Waals surface area contributed by atoms with E-state index in [9.17, 15) is 4.79 Å². The average molecular weight is 217 g/mol. The summed E-state index contributed by atoms with van der Waals surface area (Å²) in [7, 11) is 0. The summed E-state index contributed by atoms with van der Waals surface area (Å²) in [4.78, 5) is 11.1. The Balaban J connectivity index is 2.40. The minimum Gasteiger partial charge on any atom is -0.480 e. The number of carboxylic acid groups (broad SMARTS) is 1. The Labute approximate surface area is 89.6 Å². The average Bonchev–Trinajstić information content (AvgIpc) is 2.53. The van der Waals surface area contributed by atoms with Crippen molar-refractivity contribution in [3.05, 3.63) is 0 Å². The minimum atomic E-state index is -0.689. The highest BCUT2D eigenvalue weighted by molar-refractivity contribution is 7.99. The van der Waals surface area contributed by atoms with Gasteiger partial charge in [-0.25, -0.2) is 0 Å². The van der Waals surface area contributed by atoms with E-state index in [1.807, 2.05) is 0 Å². The first-order valence-corrected chi connectivity index (χ1v) is 6.28. The van der Waals surface area contributed by atoms with Crippen molar-refractivity contribution in [1.82, 2.24) is 5.32 Å². The molecule has 0 aromatic heterocycles. The van der Waals surface area contributed by atoms with Gasteiger partial charge in [-0.2, -0.15) is 11.8 Å². The molecule has 82 valence electrons. The lowest BCUT2D eigenvalue weighted by atomic mass is 9.98. The zero-order valence-electron chi connectivity index (χ0n) is 8.88. The highest BCUT2D eigenvalue weighted by Gasteiger charge is 2.41. The number of carboxylic acids is 1. The molecule has 3 nitrogen and oxygen atoms in total. The molecule has 0 amide bonds. The lowest BCUT2D eigenvalue weighted by molar-refractivity contribution is -0.143. The van der Waals surface area contributed by atoms with Crippen molar-refractivity contribution in [1.29, 1.82) is 0 Å². The monoisotopic (exact) mass is 217 g/mol. The summed E-state index contributed by atoms with van der Waals surface area (Å²) < 4.78 is 0. The van der Waals surface area contributed by atoms with Crippen molar-refractivity contribution >= 4 is 17.7 Å². The topological polar surface area (TPSA) is 49.3 Å². The van der Waals surface area contributed by atoms with Crippen molar-refractivity contribution in [2.75, 3.05) is 18.1 Å². The lowest BCUT2D eigenvalue weighted by Gasteiger charge is -2.25. The van der Waals surface area contributed by atoms with E-state index in [1.54, 1.807) is 11.8 Å². The summed E-state index contributed by atoms with van der Waals surface area (Å²) >= 11 is 1.72. The standard InChI is InChI=1S/C10H19NO2S/c1-8(2)3-5-11-10(9(12)13)4-6-14-7-10/h8,11H,3-7H2,1-2H3,(H,12,13). The number of hydrogen-bond donors (Lipinski definition) is 2. The third-order valence-electron chi connectivity index (χ3n) is 2.62. The third kappa shape index (κ3) is 2.89. The van der Waals surface area contributed by atoms with Gasteiger partial charge in [-0.15, -0.1) is 0 Å². The van der Waals surface area contributed by atoms with Gasteiger partial charge in [0.1, 0.15) is 5.54 Å². The van der Waals surface area contributed by atoms with Gasteiger partial charge in [-0.1, -0.05) is 13.8 Å². The molecular weight excluding hydrogens is 198 g/mol. The molecule has 14 heavy (non-hydrogen) atoms. The smallest absolute Gasteiger partial charge is 0.324 e. The fraction of sp³-hybridized carbons (Fsp3) is 0.900. The van der Waals surface area contributed by atoms with Crippen molar-refractivity contribution in [3.8, 4) is 0 Å². The summed E-state index contributed by atoms with van der Waals surface area (Å²) in [5.41, 5.74) is -0.639. The van der Waals surface area contributed by atoms with Gasteiger partial charge in [0.15, 0.2) is 0 Å². The second-order valence-electron chi connectivity index (χ2n) is 4.30. The number of hydrogen-bond acceptors (Lipinski definition) is 3. The fourth-order valence-electron chi connectivity index (χ4n) is 1.55. The molecule has 1 aliphatic rings. The second kappa shape index (κ2) is 5.03. The van der Waals surface area contributed by atoms with Crippen LogP contribution in [0.25, 0.3) is 0 Å². The van der Waals surface area contributed by atoms with Crippen molar-refractivity contribution in [2.45, 2.75) is 32.2 Å². The highest BCUT2D eigenvalue weighted by Crippen LogP contribution is 2.28. The summed E-state index contributed by atoms with van der Waals surface area (Å²) in [6.45, 7) is 5.11. The molecule has 1 unspecified atom stereocenters. The SMILES string of the molecule is CC(C)CCNC1(C(=O)O)CCSC1. The van der Waals surface area contributed by atoms with Crippen LogP contribution in [0, 0.1) is 5.92 Å². The zero-order valence-corrected chi connectivity index (χ0v) is 9.69. The van der Waals surface area contributed by atoms with Crippen LogP contribution in [-0.4, -0.2) is 34.7 Å². The molecule has 0 saturated carbocycles. The van der Waals surface area contributed by atoms with Gasteiger partial charge in [0.2, 0.25) is 0 Å². The van der Waals surface area contributed by atoms with Gasteiger partial charge in [-0.3, -0.25) is 4.79 Å². The van der Waals surface area contributed by atoms with Gasteiger partial charge in [-0.05, 0) is 31.1 Å². The molecule has 0 bridgehead atoms. The van der Waals surface area contributed by atoms with Crippen LogP contribution in [0.3, 0.4) is 0 Å². The Morgan fingerprint density at radius 1 is 1.64 bits per heavy atom. The van der Waals surface area contributed by atoms with Gasteiger partial charge in [0, 0.05) is 5.75 Å². The molecule has 0 radical (unpaired) electrons. The zero-order chi connectivity index (χ0) is 10.6. The maximum Gasteiger partial charge on any atom is 0.324 e. The number of thioether (sulfide) groups is 1. The summed E-state index contributed by atoms with van der Waals surface area (Å²) in [6.07, 6.45) is 1.80. The number of aliphatic carboxylic acids is 1. The van der Waals surface area contributed by atoms with E-state index in [0.29, 0.717) is 11.7 Å². The number of rotatable bonds is 5. The van der Waals surface area contributed by atoms with Crippen molar-refractivity contribution in [2.24, 2.45) is 5.92 Å². The van der Waals surface area contributed by atoms with Crippen molar-refractivity contribution < 1.29 is 9.90 Å². The molecule has 1 rings (SSSR count). The Morgan fingerprint density at radius 3 is 2.79 bits per heavy atom. The number of nitrogens with one attached hydrogen (secondary N) is 1. The normalized spacial score (nSPS) is 27.1. The fourth-order valence-corrected chi connectivity index (χ4v) is 2.90. The van der Waals surface area contributed by atoms with Crippen molar-refractivity contribution in [3.63, 3.8) is 0 Å². The number of carbonyl (C=O) groups is 1. The van der Waals surface area contributed by atoms with E-state index in [0.717, 1.165) is 25.1 Å². The Hall–Kier alpha value is -0.220. The van der Waals surface area contributed by atoms with E-state index in [4.69, 9.17) is 5.11 Å². The highest BCUT2D eigenvalue weighted by atomic mass is 32.2. The van der Waals surface area contributed by atoms with Gasteiger partial charge >= 0.3 is 5.97 Å². The maximum atomic E-state index is 11.1. The van der Waals surface area contributed by atoms with Crippen LogP contribution in [0.1, 0.15) is 26.7 Å². The minimum absolute atomic E-state index is 0.627. The van der Waals surface area contributed by atoms with Crippen LogP contribution in [0.4, 0.5) is 0 Å². The first-order chi connectivity index (χ1) is 6.57. The molecular formula is C10H19NO2S. The molecule has 0 aliphatic carbocycles. The second-order valence-corrected chi connectivity index (χ2v) is 5.40. The largest absolute Gasteiger partial charge is 0.480 e. The lowest BCUT2D eigenvalue weighted by Crippen LogP contribution is -2.52. The molecule has 1 fully saturated rings. The molecule has 1 atom stereocenters. The van der Waals surface area contributed by atoms with Crippen LogP contribution in [0.2, 0.25) is 0 Å². The van der Waals surface area contributed by atoms with E-state index in [1.165, 1.54) is 0 Å². The molecule has 4 heteroatoms. The Morgan fingerprint density at radius 2 is 2.36 bits per heavy atom. The summed E-state index contributed by atoms with van der Waals surface area (Å²) in [6, 6.07) is 0. The summed E-state index contributed by atoms with van der Waals surface area (Å²) in [5, 5.41) is 12.4. The maximum absolute atomic E-state index is 11.1. The van der Waals surface area contributed by atoms with Crippen LogP contribution < -0.4 is 5.32 Å². The molecule has 1 aliphatic heterocycles. The van der Waals surface area contributed by atoms with E-state index >= 15 is 0 Å². The van der Waals surface area contributed by atoms with Gasteiger partial charge in [0.05, 0.1) is 0 Å². The Kier molecular flexibility index (Phi) is 4.26. The summed E-state index contributed by atoms with van der Waals surface area (Å²) in [5.74, 6) is 1.61.